The summed E-state index contributed by atoms with van der Waals surface area (Å²) in [6.07, 6.45) is 0.580. The summed E-state index contributed by atoms with van der Waals surface area (Å²) in [6.45, 7) is 5.87. The maximum Gasteiger partial charge on any atom is 0.251 e. The van der Waals surface area contributed by atoms with E-state index < -0.39 is 0 Å². The fourth-order valence-electron chi connectivity index (χ4n) is 1.55. The molecule has 1 unspecified atom stereocenters. The maximum atomic E-state index is 11.9. The van der Waals surface area contributed by atoms with Crippen LogP contribution in [0.4, 0.5) is 0 Å². The highest BCUT2D eigenvalue weighted by atomic mass is 16.3. The third-order valence-electron chi connectivity index (χ3n) is 2.58. The zero-order valence-corrected chi connectivity index (χ0v) is 10.1. The average Bonchev–Trinajstić information content (AvgIpc) is 2.21. The number of carbonyl (C=O) groups excluding carboxylic acids is 1. The fraction of sp³-hybridized carbons (Fsp3) is 0.462. The van der Waals surface area contributed by atoms with Gasteiger partial charge in [0.15, 0.2) is 0 Å². The minimum Gasteiger partial charge on any atom is -0.396 e. The number of nitrogens with one attached hydrogen (secondary N) is 1. The van der Waals surface area contributed by atoms with Crippen molar-refractivity contribution in [2.24, 2.45) is 0 Å². The fourth-order valence-corrected chi connectivity index (χ4v) is 1.55. The second-order valence-corrected chi connectivity index (χ2v) is 4.21. The lowest BCUT2D eigenvalue weighted by Crippen LogP contribution is -2.33. The van der Waals surface area contributed by atoms with Crippen LogP contribution >= 0.6 is 0 Å². The second kappa shape index (κ2) is 5.66. The van der Waals surface area contributed by atoms with Gasteiger partial charge in [-0.1, -0.05) is 17.7 Å². The van der Waals surface area contributed by atoms with Crippen molar-refractivity contribution in [3.63, 3.8) is 0 Å². The van der Waals surface area contributed by atoms with Gasteiger partial charge in [-0.15, -0.1) is 0 Å². The first-order valence-electron chi connectivity index (χ1n) is 5.53. The van der Waals surface area contributed by atoms with Crippen LogP contribution in [0.2, 0.25) is 0 Å². The number of aryl methyl sites for hydroxylation is 2. The summed E-state index contributed by atoms with van der Waals surface area (Å²) < 4.78 is 0. The third-order valence-corrected chi connectivity index (χ3v) is 2.58. The minimum atomic E-state index is -0.0675. The van der Waals surface area contributed by atoms with Crippen LogP contribution in [-0.2, 0) is 0 Å². The molecule has 0 aromatic heterocycles. The summed E-state index contributed by atoms with van der Waals surface area (Å²) >= 11 is 0. The molecule has 0 radical (unpaired) electrons. The Morgan fingerprint density at radius 3 is 2.75 bits per heavy atom. The van der Waals surface area contributed by atoms with Gasteiger partial charge in [-0.25, -0.2) is 0 Å². The molecule has 3 heteroatoms. The normalized spacial score (nSPS) is 12.2. The van der Waals surface area contributed by atoms with Gasteiger partial charge < -0.3 is 10.4 Å². The summed E-state index contributed by atoms with van der Waals surface area (Å²) in [7, 11) is 0. The van der Waals surface area contributed by atoms with Gasteiger partial charge in [-0.05, 0) is 38.8 Å². The molecular weight excluding hydrogens is 202 g/mol. The topological polar surface area (TPSA) is 49.3 Å². The van der Waals surface area contributed by atoms with Crippen molar-refractivity contribution in [1.29, 1.82) is 0 Å². The van der Waals surface area contributed by atoms with E-state index in [1.165, 1.54) is 0 Å². The number of hydrogen-bond donors (Lipinski definition) is 2. The molecule has 16 heavy (non-hydrogen) atoms. The maximum absolute atomic E-state index is 11.9. The Labute approximate surface area is 96.5 Å². The van der Waals surface area contributed by atoms with Crippen LogP contribution in [0.1, 0.15) is 34.8 Å². The van der Waals surface area contributed by atoms with Crippen molar-refractivity contribution < 1.29 is 9.90 Å². The van der Waals surface area contributed by atoms with E-state index in [1.807, 2.05) is 39.0 Å². The van der Waals surface area contributed by atoms with Gasteiger partial charge in [0.2, 0.25) is 0 Å². The van der Waals surface area contributed by atoms with Crippen molar-refractivity contribution >= 4 is 5.91 Å². The van der Waals surface area contributed by atoms with Gasteiger partial charge in [0.05, 0.1) is 0 Å². The van der Waals surface area contributed by atoms with Crippen LogP contribution in [0, 0.1) is 13.8 Å². The molecule has 0 heterocycles. The van der Waals surface area contributed by atoms with E-state index in [2.05, 4.69) is 5.32 Å². The molecule has 0 saturated heterocycles. The summed E-state index contributed by atoms with van der Waals surface area (Å²) in [5, 5.41) is 11.6. The second-order valence-electron chi connectivity index (χ2n) is 4.21. The summed E-state index contributed by atoms with van der Waals surface area (Å²) in [5.41, 5.74) is 2.76. The van der Waals surface area contributed by atoms with Gasteiger partial charge in [0.1, 0.15) is 0 Å². The largest absolute Gasteiger partial charge is 0.396 e. The van der Waals surface area contributed by atoms with Crippen LogP contribution in [0.3, 0.4) is 0 Å². The number of rotatable bonds is 4. The molecule has 88 valence electrons. The highest BCUT2D eigenvalue weighted by Crippen LogP contribution is 2.10. The number of benzene rings is 1. The van der Waals surface area contributed by atoms with Gasteiger partial charge in [0.25, 0.3) is 5.91 Å². The van der Waals surface area contributed by atoms with Gasteiger partial charge in [-0.3, -0.25) is 4.79 Å². The first-order chi connectivity index (χ1) is 7.54. The minimum absolute atomic E-state index is 0.00240. The van der Waals surface area contributed by atoms with Crippen LogP contribution < -0.4 is 5.32 Å². The first kappa shape index (κ1) is 12.7. The Kier molecular flexibility index (Phi) is 4.50. The molecule has 1 aromatic rings. The van der Waals surface area contributed by atoms with Crippen molar-refractivity contribution in [2.45, 2.75) is 33.2 Å². The molecule has 0 aliphatic rings. The Hall–Kier alpha value is -1.35. The molecule has 1 amide bonds. The van der Waals surface area contributed by atoms with Crippen LogP contribution in [-0.4, -0.2) is 23.7 Å². The zero-order valence-electron chi connectivity index (χ0n) is 10.1. The van der Waals surface area contributed by atoms with Crippen LogP contribution in [0.5, 0.6) is 0 Å². The monoisotopic (exact) mass is 221 g/mol. The lowest BCUT2D eigenvalue weighted by atomic mass is 10.0. The molecule has 0 saturated carbocycles. The van der Waals surface area contributed by atoms with Gasteiger partial charge in [-0.2, -0.15) is 0 Å². The van der Waals surface area contributed by atoms with E-state index in [0.717, 1.165) is 11.1 Å². The lowest BCUT2D eigenvalue weighted by Gasteiger charge is -2.14. The molecule has 0 bridgehead atoms. The van der Waals surface area contributed by atoms with Gasteiger partial charge >= 0.3 is 0 Å². The number of aliphatic hydroxyl groups excluding tert-OH is 1. The van der Waals surface area contributed by atoms with E-state index >= 15 is 0 Å². The standard InChI is InChI=1S/C13H19NO2/c1-9-4-5-10(2)12(8-9)13(16)14-11(3)6-7-15/h4-5,8,11,15H,6-7H2,1-3H3,(H,14,16). The predicted octanol–water partition coefficient (Wildman–Crippen LogP) is 1.80. The smallest absolute Gasteiger partial charge is 0.251 e. The predicted molar refractivity (Wildman–Crippen MR) is 64.5 cm³/mol. The Bertz CT molecular complexity index is 374. The Balaban J connectivity index is 2.76. The Morgan fingerprint density at radius 2 is 2.12 bits per heavy atom. The zero-order chi connectivity index (χ0) is 12.1. The molecule has 0 spiro atoms. The van der Waals surface area contributed by atoms with Crippen molar-refractivity contribution in [3.8, 4) is 0 Å². The van der Waals surface area contributed by atoms with E-state index in [-0.39, 0.29) is 18.6 Å². The van der Waals surface area contributed by atoms with Crippen LogP contribution in [0.25, 0.3) is 0 Å². The Morgan fingerprint density at radius 1 is 1.44 bits per heavy atom. The molecule has 0 aliphatic heterocycles. The molecule has 1 rings (SSSR count). The van der Waals surface area contributed by atoms with E-state index in [0.29, 0.717) is 12.0 Å². The molecular formula is C13H19NO2. The first-order valence-corrected chi connectivity index (χ1v) is 5.53. The summed E-state index contributed by atoms with van der Waals surface area (Å²) in [6, 6.07) is 5.82. The summed E-state index contributed by atoms with van der Waals surface area (Å²) in [4.78, 5) is 11.9. The summed E-state index contributed by atoms with van der Waals surface area (Å²) in [5.74, 6) is -0.0675. The lowest BCUT2D eigenvalue weighted by molar-refractivity contribution is 0.0933. The number of carbonyl (C=O) groups is 1. The van der Waals surface area contributed by atoms with Crippen molar-refractivity contribution in [3.05, 3.63) is 34.9 Å². The van der Waals surface area contributed by atoms with E-state index in [1.54, 1.807) is 0 Å². The SMILES string of the molecule is Cc1ccc(C)c(C(=O)NC(C)CCO)c1. The third kappa shape index (κ3) is 3.35. The quantitative estimate of drug-likeness (QED) is 0.814. The van der Waals surface area contributed by atoms with Crippen LogP contribution in [0.15, 0.2) is 18.2 Å². The average molecular weight is 221 g/mol. The van der Waals surface area contributed by atoms with Crippen molar-refractivity contribution in [1.82, 2.24) is 5.32 Å². The van der Waals surface area contributed by atoms with Crippen molar-refractivity contribution in [2.75, 3.05) is 6.61 Å². The molecule has 0 aliphatic carbocycles. The molecule has 1 aromatic carbocycles. The van der Waals surface area contributed by atoms with Gasteiger partial charge in [0, 0.05) is 18.2 Å². The van der Waals surface area contributed by atoms with E-state index in [4.69, 9.17) is 5.11 Å². The molecule has 1 atom stereocenters. The highest BCUT2D eigenvalue weighted by Gasteiger charge is 2.11. The molecule has 2 N–H and O–H groups in total. The number of aliphatic hydroxyl groups is 1. The highest BCUT2D eigenvalue weighted by molar-refractivity contribution is 5.95. The van der Waals surface area contributed by atoms with E-state index in [9.17, 15) is 4.79 Å². The molecule has 3 nitrogen and oxygen atoms in total. The number of hydrogen-bond acceptors (Lipinski definition) is 2. The molecule has 0 fully saturated rings. The number of amides is 1.